The number of ether oxygens (including phenoxy) is 1. The summed E-state index contributed by atoms with van der Waals surface area (Å²) in [6.07, 6.45) is 0. The number of hydrogen-bond acceptors (Lipinski definition) is 3. The van der Waals surface area contributed by atoms with Crippen molar-refractivity contribution in [3.63, 3.8) is 0 Å². The second-order valence-electron chi connectivity index (χ2n) is 7.29. The van der Waals surface area contributed by atoms with Crippen molar-refractivity contribution < 1.29 is 23.1 Å². The second kappa shape index (κ2) is 8.55. The third-order valence-corrected chi connectivity index (χ3v) is 5.27. The summed E-state index contributed by atoms with van der Waals surface area (Å²) < 4.78 is 32.8. The Bertz CT molecular complexity index is 1130. The van der Waals surface area contributed by atoms with E-state index < -0.39 is 11.7 Å². The number of carbonyl (C=O) groups is 2. The highest BCUT2D eigenvalue weighted by Gasteiger charge is 2.27. The summed E-state index contributed by atoms with van der Waals surface area (Å²) in [5, 5.41) is 2.68. The van der Waals surface area contributed by atoms with E-state index in [0.29, 0.717) is 17.0 Å². The fourth-order valence-electron chi connectivity index (χ4n) is 3.53. The quantitative estimate of drug-likeness (QED) is 0.663. The molecule has 0 aromatic heterocycles. The van der Waals surface area contributed by atoms with E-state index in [0.717, 1.165) is 5.56 Å². The zero-order valence-electron chi connectivity index (χ0n) is 16.8. The van der Waals surface area contributed by atoms with Crippen LogP contribution in [0.3, 0.4) is 0 Å². The van der Waals surface area contributed by atoms with Gasteiger partial charge in [-0.2, -0.15) is 0 Å². The molecule has 5 nitrogen and oxygen atoms in total. The molecule has 7 heteroatoms. The average molecular weight is 422 g/mol. The summed E-state index contributed by atoms with van der Waals surface area (Å²) in [6, 6.07) is 16.4. The molecule has 0 bridgehead atoms. The van der Waals surface area contributed by atoms with Crippen molar-refractivity contribution in [2.24, 2.45) is 0 Å². The normalized spacial score (nSPS) is 14.3. The molecule has 3 aromatic carbocycles. The van der Waals surface area contributed by atoms with Crippen LogP contribution in [0.4, 0.5) is 14.5 Å². The Balaban J connectivity index is 1.58. The van der Waals surface area contributed by atoms with Gasteiger partial charge in [0.05, 0.1) is 18.2 Å². The maximum atomic E-state index is 13.9. The first-order valence-corrected chi connectivity index (χ1v) is 9.79. The number of anilines is 1. The van der Waals surface area contributed by atoms with Gasteiger partial charge in [-0.05, 0) is 55.0 Å². The molecule has 0 radical (unpaired) electrons. The topological polar surface area (TPSA) is 58.6 Å². The molecule has 31 heavy (non-hydrogen) atoms. The molecule has 4 rings (SSSR count). The van der Waals surface area contributed by atoms with Crippen LogP contribution in [-0.4, -0.2) is 23.3 Å². The smallest absolute Gasteiger partial charge is 0.261 e. The number of hydrogen-bond donors (Lipinski definition) is 1. The number of fused-ring (bicyclic) bond motifs is 1. The number of benzene rings is 3. The highest BCUT2D eigenvalue weighted by atomic mass is 19.1. The molecule has 1 heterocycles. The molecule has 0 unspecified atom stereocenters. The Morgan fingerprint density at radius 1 is 1.06 bits per heavy atom. The largest absolute Gasteiger partial charge is 0.483 e. The van der Waals surface area contributed by atoms with Crippen LogP contribution in [0.2, 0.25) is 0 Å². The van der Waals surface area contributed by atoms with Gasteiger partial charge in [-0.15, -0.1) is 0 Å². The molecule has 158 valence electrons. The predicted molar refractivity (Wildman–Crippen MR) is 112 cm³/mol. The second-order valence-corrected chi connectivity index (χ2v) is 7.29. The fourth-order valence-corrected chi connectivity index (χ4v) is 3.53. The molecule has 2 amide bonds. The molecule has 1 N–H and O–H groups in total. The van der Waals surface area contributed by atoms with E-state index in [-0.39, 0.29) is 36.5 Å². The number of nitrogens with one attached hydrogen (secondary N) is 1. The van der Waals surface area contributed by atoms with E-state index in [9.17, 15) is 18.4 Å². The van der Waals surface area contributed by atoms with Crippen LogP contribution in [0.15, 0.2) is 66.7 Å². The summed E-state index contributed by atoms with van der Waals surface area (Å²) in [5.74, 6) is -1.19. The fraction of sp³-hybridized carbons (Fsp3) is 0.167. The van der Waals surface area contributed by atoms with Gasteiger partial charge < -0.3 is 15.0 Å². The summed E-state index contributed by atoms with van der Waals surface area (Å²) in [4.78, 5) is 26.7. The number of carbonyl (C=O) groups excluding carboxylic acids is 2. The first-order chi connectivity index (χ1) is 14.9. The summed E-state index contributed by atoms with van der Waals surface area (Å²) in [7, 11) is 0. The van der Waals surface area contributed by atoms with Gasteiger partial charge in [0.2, 0.25) is 0 Å². The third-order valence-electron chi connectivity index (χ3n) is 5.27. The molecule has 0 fully saturated rings. The van der Waals surface area contributed by atoms with E-state index in [4.69, 9.17) is 4.74 Å². The van der Waals surface area contributed by atoms with E-state index in [1.165, 1.54) is 30.3 Å². The van der Waals surface area contributed by atoms with Crippen molar-refractivity contribution in [1.82, 2.24) is 4.90 Å². The molecule has 1 aliphatic heterocycles. The maximum absolute atomic E-state index is 13.9. The highest BCUT2D eigenvalue weighted by molar-refractivity contribution is 6.04. The molecule has 0 aliphatic carbocycles. The molecule has 1 atom stereocenters. The summed E-state index contributed by atoms with van der Waals surface area (Å²) in [6.45, 7) is 1.98. The minimum absolute atomic E-state index is 0.0598. The lowest BCUT2D eigenvalue weighted by atomic mass is 10.1. The van der Waals surface area contributed by atoms with Crippen LogP contribution < -0.4 is 10.1 Å². The van der Waals surface area contributed by atoms with E-state index in [1.54, 1.807) is 41.3 Å². The molecule has 1 aliphatic rings. The summed E-state index contributed by atoms with van der Waals surface area (Å²) in [5.41, 5.74) is 1.89. The Labute approximate surface area is 178 Å². The van der Waals surface area contributed by atoms with E-state index >= 15 is 0 Å². The zero-order valence-corrected chi connectivity index (χ0v) is 16.8. The number of halogens is 2. The molecular weight excluding hydrogens is 402 g/mol. The highest BCUT2D eigenvalue weighted by Crippen LogP contribution is 2.31. The monoisotopic (exact) mass is 422 g/mol. The van der Waals surface area contributed by atoms with E-state index in [2.05, 4.69) is 5.32 Å². The van der Waals surface area contributed by atoms with Crippen LogP contribution >= 0.6 is 0 Å². The van der Waals surface area contributed by atoms with Gasteiger partial charge in [0.15, 0.2) is 6.61 Å². The SMILES string of the molecule is C[C@@H](c1ccc(F)cc1)N1Cc2cc(NC(=O)c3ccccc3F)ccc2OCC1=O. The lowest BCUT2D eigenvalue weighted by molar-refractivity contribution is -0.135. The van der Waals surface area contributed by atoms with Crippen LogP contribution in [0.5, 0.6) is 5.75 Å². The van der Waals surface area contributed by atoms with Gasteiger partial charge in [0, 0.05) is 11.3 Å². The van der Waals surface area contributed by atoms with Gasteiger partial charge in [-0.25, -0.2) is 8.78 Å². The minimum Gasteiger partial charge on any atom is -0.483 e. The van der Waals surface area contributed by atoms with Crippen molar-refractivity contribution in [2.45, 2.75) is 19.5 Å². The Morgan fingerprint density at radius 3 is 2.55 bits per heavy atom. The van der Waals surface area contributed by atoms with Crippen LogP contribution in [0, 0.1) is 11.6 Å². The van der Waals surface area contributed by atoms with Crippen LogP contribution in [-0.2, 0) is 11.3 Å². The molecule has 0 spiro atoms. The van der Waals surface area contributed by atoms with Crippen LogP contribution in [0.1, 0.15) is 34.5 Å². The van der Waals surface area contributed by atoms with Crippen molar-refractivity contribution in [2.75, 3.05) is 11.9 Å². The average Bonchev–Trinajstić information content (AvgIpc) is 2.92. The van der Waals surface area contributed by atoms with Crippen molar-refractivity contribution >= 4 is 17.5 Å². The standard InChI is InChI=1S/C24H20F2N2O3/c1-15(16-6-8-18(25)9-7-16)28-13-17-12-19(10-11-22(17)31-14-23(28)29)27-24(30)20-4-2-3-5-21(20)26/h2-12,15H,13-14H2,1H3,(H,27,30)/t15-/m0/s1. The molecule has 3 aromatic rings. The minimum atomic E-state index is -0.608. The first kappa shape index (κ1) is 20.5. The maximum Gasteiger partial charge on any atom is 0.261 e. The van der Waals surface area contributed by atoms with Crippen molar-refractivity contribution in [3.8, 4) is 5.75 Å². The Kier molecular flexibility index (Phi) is 5.66. The Morgan fingerprint density at radius 2 is 1.81 bits per heavy atom. The van der Waals surface area contributed by atoms with Gasteiger partial charge in [0.1, 0.15) is 17.4 Å². The number of nitrogens with zero attached hydrogens (tertiary/aromatic N) is 1. The number of rotatable bonds is 4. The molecule has 0 saturated carbocycles. The third kappa shape index (κ3) is 4.40. The van der Waals surface area contributed by atoms with Gasteiger partial charge in [-0.3, -0.25) is 9.59 Å². The predicted octanol–water partition coefficient (Wildman–Crippen LogP) is 4.70. The zero-order chi connectivity index (χ0) is 22.0. The number of amides is 2. The van der Waals surface area contributed by atoms with Gasteiger partial charge in [-0.1, -0.05) is 24.3 Å². The van der Waals surface area contributed by atoms with Crippen LogP contribution in [0.25, 0.3) is 0 Å². The van der Waals surface area contributed by atoms with Gasteiger partial charge >= 0.3 is 0 Å². The summed E-state index contributed by atoms with van der Waals surface area (Å²) >= 11 is 0. The van der Waals surface area contributed by atoms with Gasteiger partial charge in [0.25, 0.3) is 11.8 Å². The van der Waals surface area contributed by atoms with Crippen molar-refractivity contribution in [3.05, 3.63) is 95.1 Å². The van der Waals surface area contributed by atoms with E-state index in [1.807, 2.05) is 6.92 Å². The van der Waals surface area contributed by atoms with Crippen molar-refractivity contribution in [1.29, 1.82) is 0 Å². The first-order valence-electron chi connectivity index (χ1n) is 9.79. The lowest BCUT2D eigenvalue weighted by Gasteiger charge is -2.28. The molecular formula is C24H20F2N2O3. The lowest BCUT2D eigenvalue weighted by Crippen LogP contribution is -2.34. The molecule has 0 saturated heterocycles. The Hall–Kier alpha value is -3.74.